The number of piperidine rings is 1. The smallest absolute Gasteiger partial charge is 0.266 e. The van der Waals surface area contributed by atoms with Gasteiger partial charge in [0.1, 0.15) is 0 Å². The lowest BCUT2D eigenvalue weighted by Gasteiger charge is -2.36. The van der Waals surface area contributed by atoms with Crippen molar-refractivity contribution < 1.29 is 28.0 Å². The number of aryl methyl sites for hydroxylation is 2. The molecule has 1 saturated heterocycles. The van der Waals surface area contributed by atoms with Gasteiger partial charge in [0.05, 0.1) is 17.7 Å². The maximum absolute atomic E-state index is 13.3. The Labute approximate surface area is 174 Å². The van der Waals surface area contributed by atoms with Crippen LogP contribution in [-0.4, -0.2) is 48.0 Å². The van der Waals surface area contributed by atoms with Crippen LogP contribution in [-0.2, 0) is 37.1 Å². The van der Waals surface area contributed by atoms with Crippen molar-refractivity contribution in [3.63, 3.8) is 0 Å². The predicted octanol–water partition coefficient (Wildman–Crippen LogP) is 1.27. The normalized spacial score (nSPS) is 16.4. The van der Waals surface area contributed by atoms with Gasteiger partial charge in [0.25, 0.3) is 5.91 Å². The molecule has 0 atom stereocenters. The van der Waals surface area contributed by atoms with Crippen molar-refractivity contribution in [2.24, 2.45) is 0 Å². The summed E-state index contributed by atoms with van der Waals surface area (Å²) in [7, 11) is -3.23. The summed E-state index contributed by atoms with van der Waals surface area (Å²) in [4.78, 5) is 37.3. The van der Waals surface area contributed by atoms with Crippen molar-refractivity contribution in [3.8, 4) is 0 Å². The van der Waals surface area contributed by atoms with Crippen molar-refractivity contribution in [2.45, 2.75) is 35.3 Å². The highest BCUT2D eigenvalue weighted by Crippen LogP contribution is 2.36. The molecular weight excluding hydrogens is 408 g/mol. The molecule has 2 aromatic carbocycles. The third-order valence-corrected chi connectivity index (χ3v) is 7.83. The number of nitrogens with zero attached hydrogens (tertiary/aromatic N) is 1. The maximum Gasteiger partial charge on any atom is 0.266 e. The molecule has 1 aliphatic rings. The van der Waals surface area contributed by atoms with Crippen molar-refractivity contribution in [3.05, 3.63) is 65.7 Å². The zero-order valence-electron chi connectivity index (χ0n) is 16.4. The first-order valence-electron chi connectivity index (χ1n) is 9.33. The van der Waals surface area contributed by atoms with Crippen LogP contribution in [0.3, 0.4) is 0 Å². The minimum absolute atomic E-state index is 0.195. The molecule has 1 fully saturated rings. The van der Waals surface area contributed by atoms with E-state index in [1.807, 2.05) is 30.3 Å². The zero-order valence-corrected chi connectivity index (χ0v) is 17.2. The lowest BCUT2D eigenvalue weighted by Crippen LogP contribution is -2.60. The van der Waals surface area contributed by atoms with Gasteiger partial charge >= 0.3 is 0 Å². The van der Waals surface area contributed by atoms with Crippen LogP contribution in [0.5, 0.6) is 0 Å². The fourth-order valence-electron chi connectivity index (χ4n) is 3.50. The van der Waals surface area contributed by atoms with Gasteiger partial charge in [0.15, 0.2) is 14.6 Å². The Bertz CT molecular complexity index is 1050. The first-order valence-corrected chi connectivity index (χ1v) is 10.8. The van der Waals surface area contributed by atoms with E-state index < -0.39 is 45.1 Å². The molecule has 0 bridgehead atoms. The molecule has 0 saturated carbocycles. The average Bonchev–Trinajstić information content (AvgIpc) is 2.76. The SMILES string of the molecule is CN1C(=O)CC(C(=O)NO)(S(=O)(=O)c2ccc(CCc3ccccc3)cc2)CC1=O. The van der Waals surface area contributed by atoms with Crippen molar-refractivity contribution in [2.75, 3.05) is 7.05 Å². The molecule has 0 radical (unpaired) electrons. The van der Waals surface area contributed by atoms with Gasteiger partial charge in [0, 0.05) is 7.05 Å². The number of rotatable bonds is 6. The topological polar surface area (TPSA) is 121 Å². The summed E-state index contributed by atoms with van der Waals surface area (Å²) in [5, 5.41) is 9.12. The van der Waals surface area contributed by atoms with E-state index in [4.69, 9.17) is 5.21 Å². The van der Waals surface area contributed by atoms with Gasteiger partial charge in [0.2, 0.25) is 11.8 Å². The summed E-state index contributed by atoms with van der Waals surface area (Å²) in [5.41, 5.74) is 3.36. The van der Waals surface area contributed by atoms with Crippen LogP contribution >= 0.6 is 0 Å². The molecule has 2 N–H and O–H groups in total. The number of sulfone groups is 1. The summed E-state index contributed by atoms with van der Waals surface area (Å²) >= 11 is 0. The zero-order chi connectivity index (χ0) is 21.9. The summed E-state index contributed by atoms with van der Waals surface area (Å²) in [5.74, 6) is -2.92. The third kappa shape index (κ3) is 3.86. The molecule has 0 spiro atoms. The summed E-state index contributed by atoms with van der Waals surface area (Å²) in [6.45, 7) is 0. The van der Waals surface area contributed by atoms with Gasteiger partial charge < -0.3 is 0 Å². The van der Waals surface area contributed by atoms with E-state index in [1.165, 1.54) is 24.7 Å². The Kier molecular flexibility index (Phi) is 6.04. The van der Waals surface area contributed by atoms with Crippen LogP contribution in [0.4, 0.5) is 0 Å². The fourth-order valence-corrected chi connectivity index (χ4v) is 5.36. The molecule has 9 heteroatoms. The summed E-state index contributed by atoms with van der Waals surface area (Å²) in [6, 6.07) is 15.8. The van der Waals surface area contributed by atoms with Gasteiger partial charge in [-0.3, -0.25) is 24.5 Å². The van der Waals surface area contributed by atoms with Crippen LogP contribution in [0.1, 0.15) is 24.0 Å². The first-order chi connectivity index (χ1) is 14.2. The Balaban J connectivity index is 1.89. The highest BCUT2D eigenvalue weighted by atomic mass is 32.2. The molecule has 1 heterocycles. The second-order valence-corrected chi connectivity index (χ2v) is 9.53. The van der Waals surface area contributed by atoms with Crippen molar-refractivity contribution in [1.29, 1.82) is 0 Å². The minimum atomic E-state index is -4.45. The summed E-state index contributed by atoms with van der Waals surface area (Å²) < 4.78 is 24.2. The van der Waals surface area contributed by atoms with E-state index in [0.717, 1.165) is 22.4 Å². The Morgan fingerprint density at radius 1 is 0.967 bits per heavy atom. The van der Waals surface area contributed by atoms with Crippen LogP contribution in [0, 0.1) is 0 Å². The highest BCUT2D eigenvalue weighted by molar-refractivity contribution is 7.93. The number of amides is 3. The molecule has 1 aliphatic heterocycles. The average molecular weight is 430 g/mol. The van der Waals surface area contributed by atoms with Gasteiger partial charge in [-0.2, -0.15) is 0 Å². The van der Waals surface area contributed by atoms with Crippen LogP contribution in [0.25, 0.3) is 0 Å². The monoisotopic (exact) mass is 430 g/mol. The van der Waals surface area contributed by atoms with Gasteiger partial charge in [-0.15, -0.1) is 0 Å². The molecule has 2 aromatic rings. The Morgan fingerprint density at radius 2 is 1.47 bits per heavy atom. The van der Waals surface area contributed by atoms with Gasteiger partial charge in [-0.05, 0) is 36.1 Å². The van der Waals surface area contributed by atoms with E-state index in [9.17, 15) is 22.8 Å². The van der Waals surface area contributed by atoms with Gasteiger partial charge in [-0.1, -0.05) is 42.5 Å². The van der Waals surface area contributed by atoms with Gasteiger partial charge in [-0.25, -0.2) is 13.9 Å². The number of carbonyl (C=O) groups is 3. The molecule has 0 unspecified atom stereocenters. The lowest BCUT2D eigenvalue weighted by atomic mass is 9.94. The number of benzene rings is 2. The molecule has 158 valence electrons. The number of imide groups is 1. The highest BCUT2D eigenvalue weighted by Gasteiger charge is 2.57. The Hall–Kier alpha value is -3.04. The fraction of sp³-hybridized carbons (Fsp3) is 0.286. The van der Waals surface area contributed by atoms with Crippen LogP contribution in [0.15, 0.2) is 59.5 Å². The van der Waals surface area contributed by atoms with Crippen molar-refractivity contribution in [1.82, 2.24) is 10.4 Å². The van der Waals surface area contributed by atoms with E-state index in [2.05, 4.69) is 0 Å². The molecule has 30 heavy (non-hydrogen) atoms. The predicted molar refractivity (Wildman–Crippen MR) is 107 cm³/mol. The Morgan fingerprint density at radius 3 is 1.97 bits per heavy atom. The summed E-state index contributed by atoms with van der Waals surface area (Å²) in [6.07, 6.45) is -0.00699. The molecule has 8 nitrogen and oxygen atoms in total. The quantitative estimate of drug-likeness (QED) is 0.404. The molecule has 3 rings (SSSR count). The molecule has 0 aromatic heterocycles. The number of hydroxylamine groups is 1. The van der Waals surface area contributed by atoms with E-state index >= 15 is 0 Å². The largest absolute Gasteiger partial charge is 0.289 e. The second kappa shape index (κ2) is 8.37. The number of hydrogen-bond acceptors (Lipinski definition) is 6. The molecule has 3 amide bonds. The van der Waals surface area contributed by atoms with E-state index in [0.29, 0.717) is 6.42 Å². The first kappa shape index (κ1) is 21.7. The number of likely N-dealkylation sites (tertiary alicyclic amines) is 1. The lowest BCUT2D eigenvalue weighted by molar-refractivity contribution is -0.151. The second-order valence-electron chi connectivity index (χ2n) is 7.27. The molecule has 0 aliphatic carbocycles. The molecular formula is C21H22N2O6S. The maximum atomic E-state index is 13.3. The number of nitrogens with one attached hydrogen (secondary N) is 1. The standard InChI is InChI=1S/C21H22N2O6S/c1-23-18(24)13-21(14-19(23)25,20(26)22-27)30(28,29)17-11-9-16(10-12-17)8-7-15-5-3-2-4-6-15/h2-6,9-12,27H,7-8,13-14H2,1H3,(H,22,26). The van der Waals surface area contributed by atoms with Crippen LogP contribution in [0.2, 0.25) is 0 Å². The van der Waals surface area contributed by atoms with Crippen molar-refractivity contribution >= 4 is 27.6 Å². The number of carbonyl (C=O) groups excluding carboxylic acids is 3. The van der Waals surface area contributed by atoms with Crippen LogP contribution < -0.4 is 5.48 Å². The van der Waals surface area contributed by atoms with E-state index in [1.54, 1.807) is 12.1 Å². The minimum Gasteiger partial charge on any atom is -0.289 e. The third-order valence-electron chi connectivity index (χ3n) is 5.43. The number of hydrogen-bond donors (Lipinski definition) is 2. The van der Waals surface area contributed by atoms with E-state index in [-0.39, 0.29) is 4.90 Å².